The Morgan fingerprint density at radius 1 is 1.47 bits per heavy atom. The van der Waals surface area contributed by atoms with Crippen molar-refractivity contribution in [1.29, 1.82) is 0 Å². The Morgan fingerprint density at radius 3 is 2.53 bits per heavy atom. The maximum absolute atomic E-state index is 13.9. The van der Waals surface area contributed by atoms with Gasteiger partial charge in [-0.15, -0.1) is 0 Å². The highest BCUT2D eigenvalue weighted by Crippen LogP contribution is 2.35. The van der Waals surface area contributed by atoms with Crippen LogP contribution in [-0.2, 0) is 10.2 Å². The van der Waals surface area contributed by atoms with Gasteiger partial charge in [0.2, 0.25) is 0 Å². The lowest BCUT2D eigenvalue weighted by Gasteiger charge is -2.26. The summed E-state index contributed by atoms with van der Waals surface area (Å²) in [7, 11) is 1.51. The van der Waals surface area contributed by atoms with Crippen LogP contribution in [0, 0.1) is 12.7 Å². The molecule has 0 aliphatic rings. The monoisotopic (exact) mass is 240 g/mol. The molecule has 0 aromatic heterocycles. The van der Waals surface area contributed by atoms with Crippen LogP contribution in [0.15, 0.2) is 12.1 Å². The lowest BCUT2D eigenvalue weighted by atomic mass is 9.79. The molecular formula is C13H17FO3. The van der Waals surface area contributed by atoms with Gasteiger partial charge in [0.25, 0.3) is 0 Å². The lowest BCUT2D eigenvalue weighted by molar-refractivity contribution is -0.138. The number of aliphatic carboxylic acids is 1. The third-order valence-corrected chi connectivity index (χ3v) is 2.85. The van der Waals surface area contributed by atoms with Crippen LogP contribution in [-0.4, -0.2) is 18.2 Å². The van der Waals surface area contributed by atoms with Crippen molar-refractivity contribution in [3.63, 3.8) is 0 Å². The Bertz CT molecular complexity index is 439. The van der Waals surface area contributed by atoms with Crippen molar-refractivity contribution in [3.05, 3.63) is 29.1 Å². The Hall–Kier alpha value is -1.58. The van der Waals surface area contributed by atoms with E-state index in [1.165, 1.54) is 13.2 Å². The van der Waals surface area contributed by atoms with Crippen molar-refractivity contribution in [2.45, 2.75) is 32.6 Å². The quantitative estimate of drug-likeness (QED) is 0.880. The van der Waals surface area contributed by atoms with Crippen LogP contribution in [0.1, 0.15) is 31.4 Å². The second-order valence-corrected chi connectivity index (χ2v) is 4.70. The summed E-state index contributed by atoms with van der Waals surface area (Å²) < 4.78 is 19.0. The highest BCUT2D eigenvalue weighted by atomic mass is 19.1. The summed E-state index contributed by atoms with van der Waals surface area (Å²) in [6.45, 7) is 5.17. The summed E-state index contributed by atoms with van der Waals surface area (Å²) in [6, 6.07) is 2.86. The SMILES string of the molecule is COc1ccc(F)c(C(C)(C)CC(=O)O)c1C. The Labute approximate surface area is 100 Å². The van der Waals surface area contributed by atoms with Gasteiger partial charge in [-0.05, 0) is 24.6 Å². The highest BCUT2D eigenvalue weighted by molar-refractivity contribution is 5.69. The van der Waals surface area contributed by atoms with E-state index in [0.29, 0.717) is 16.9 Å². The van der Waals surface area contributed by atoms with Gasteiger partial charge < -0.3 is 9.84 Å². The summed E-state index contributed by atoms with van der Waals surface area (Å²) in [5.41, 5.74) is 0.284. The third-order valence-electron chi connectivity index (χ3n) is 2.85. The number of methoxy groups -OCH3 is 1. The summed E-state index contributed by atoms with van der Waals surface area (Å²) in [6.07, 6.45) is -0.127. The van der Waals surface area contributed by atoms with E-state index in [2.05, 4.69) is 0 Å². The molecule has 3 nitrogen and oxygen atoms in total. The van der Waals surface area contributed by atoms with Gasteiger partial charge in [-0.3, -0.25) is 4.79 Å². The van der Waals surface area contributed by atoms with E-state index in [1.54, 1.807) is 26.8 Å². The molecule has 0 unspecified atom stereocenters. The molecule has 0 radical (unpaired) electrons. The average Bonchev–Trinajstić information content (AvgIpc) is 2.15. The molecule has 0 atom stereocenters. The topological polar surface area (TPSA) is 46.5 Å². The fourth-order valence-electron chi connectivity index (χ4n) is 2.18. The van der Waals surface area contributed by atoms with E-state index in [9.17, 15) is 9.18 Å². The maximum Gasteiger partial charge on any atom is 0.304 e. The number of ether oxygens (including phenoxy) is 1. The molecule has 0 spiro atoms. The van der Waals surface area contributed by atoms with E-state index in [1.807, 2.05) is 0 Å². The largest absolute Gasteiger partial charge is 0.496 e. The van der Waals surface area contributed by atoms with Gasteiger partial charge in [0.05, 0.1) is 13.5 Å². The number of rotatable bonds is 4. The predicted octanol–water partition coefficient (Wildman–Crippen LogP) is 2.90. The summed E-state index contributed by atoms with van der Waals surface area (Å²) >= 11 is 0. The van der Waals surface area contributed by atoms with Crippen molar-refractivity contribution in [2.75, 3.05) is 7.11 Å². The zero-order valence-electron chi connectivity index (χ0n) is 10.5. The fourth-order valence-corrected chi connectivity index (χ4v) is 2.18. The lowest BCUT2D eigenvalue weighted by Crippen LogP contribution is -2.24. The van der Waals surface area contributed by atoms with E-state index in [0.717, 1.165) is 0 Å². The first kappa shape index (κ1) is 13.5. The molecule has 0 bridgehead atoms. The van der Waals surface area contributed by atoms with Crippen molar-refractivity contribution in [3.8, 4) is 5.75 Å². The molecule has 17 heavy (non-hydrogen) atoms. The van der Waals surface area contributed by atoms with E-state index >= 15 is 0 Å². The van der Waals surface area contributed by atoms with Crippen LogP contribution in [0.4, 0.5) is 4.39 Å². The molecule has 4 heteroatoms. The molecule has 1 N–H and O–H groups in total. The highest BCUT2D eigenvalue weighted by Gasteiger charge is 2.30. The normalized spacial score (nSPS) is 11.4. The number of halogens is 1. The molecule has 0 aliphatic carbocycles. The molecule has 1 rings (SSSR count). The van der Waals surface area contributed by atoms with Crippen LogP contribution < -0.4 is 4.74 Å². The number of benzene rings is 1. The number of hydrogen-bond acceptors (Lipinski definition) is 2. The van der Waals surface area contributed by atoms with Crippen LogP contribution in [0.3, 0.4) is 0 Å². The Kier molecular flexibility index (Phi) is 3.76. The zero-order chi connectivity index (χ0) is 13.2. The number of hydrogen-bond donors (Lipinski definition) is 1. The minimum Gasteiger partial charge on any atom is -0.496 e. The van der Waals surface area contributed by atoms with Crippen LogP contribution >= 0.6 is 0 Å². The van der Waals surface area contributed by atoms with Gasteiger partial charge in [-0.1, -0.05) is 13.8 Å². The van der Waals surface area contributed by atoms with Gasteiger partial charge in [0.1, 0.15) is 11.6 Å². The molecular weight excluding hydrogens is 223 g/mol. The molecule has 0 heterocycles. The smallest absolute Gasteiger partial charge is 0.304 e. The van der Waals surface area contributed by atoms with E-state index < -0.39 is 17.2 Å². The fraction of sp³-hybridized carbons (Fsp3) is 0.462. The van der Waals surface area contributed by atoms with E-state index in [-0.39, 0.29) is 6.42 Å². The molecule has 0 aliphatic heterocycles. The summed E-state index contributed by atoms with van der Waals surface area (Å²) in [5, 5.41) is 8.87. The van der Waals surface area contributed by atoms with Crippen molar-refractivity contribution < 1.29 is 19.0 Å². The molecule has 0 amide bonds. The zero-order valence-corrected chi connectivity index (χ0v) is 10.5. The van der Waals surface area contributed by atoms with E-state index in [4.69, 9.17) is 9.84 Å². The number of carbonyl (C=O) groups is 1. The van der Waals surface area contributed by atoms with Gasteiger partial charge in [0, 0.05) is 11.0 Å². The second-order valence-electron chi connectivity index (χ2n) is 4.70. The van der Waals surface area contributed by atoms with Crippen molar-refractivity contribution >= 4 is 5.97 Å². The summed E-state index contributed by atoms with van der Waals surface area (Å²) in [5.74, 6) is -0.772. The number of carboxylic acid groups (broad SMARTS) is 1. The molecule has 1 aromatic carbocycles. The number of carboxylic acids is 1. The molecule has 0 fully saturated rings. The van der Waals surface area contributed by atoms with Crippen molar-refractivity contribution in [1.82, 2.24) is 0 Å². The Morgan fingerprint density at radius 2 is 2.06 bits per heavy atom. The van der Waals surface area contributed by atoms with Crippen LogP contribution in [0.2, 0.25) is 0 Å². The third kappa shape index (κ3) is 2.75. The minimum atomic E-state index is -0.948. The van der Waals surface area contributed by atoms with Crippen LogP contribution in [0.25, 0.3) is 0 Å². The van der Waals surface area contributed by atoms with Crippen LogP contribution in [0.5, 0.6) is 5.75 Å². The molecule has 1 aromatic rings. The Balaban J connectivity index is 3.33. The first-order valence-corrected chi connectivity index (χ1v) is 5.35. The molecule has 0 saturated carbocycles. The standard InChI is InChI=1S/C13H17FO3/c1-8-10(17-4)6-5-9(14)12(8)13(2,3)7-11(15)16/h5-6H,7H2,1-4H3,(H,15,16). The van der Waals surface area contributed by atoms with Gasteiger partial charge in [-0.25, -0.2) is 4.39 Å². The first-order chi connectivity index (χ1) is 7.79. The van der Waals surface area contributed by atoms with Gasteiger partial charge >= 0.3 is 5.97 Å². The second kappa shape index (κ2) is 4.73. The molecule has 94 valence electrons. The minimum absolute atomic E-state index is 0.127. The predicted molar refractivity (Wildman–Crippen MR) is 63.0 cm³/mol. The van der Waals surface area contributed by atoms with Crippen molar-refractivity contribution in [2.24, 2.45) is 0 Å². The average molecular weight is 240 g/mol. The first-order valence-electron chi connectivity index (χ1n) is 5.35. The summed E-state index contributed by atoms with van der Waals surface area (Å²) in [4.78, 5) is 10.8. The van der Waals surface area contributed by atoms with Gasteiger partial charge in [0.15, 0.2) is 0 Å². The van der Waals surface area contributed by atoms with Gasteiger partial charge in [-0.2, -0.15) is 0 Å². The molecule has 0 saturated heterocycles. The maximum atomic E-state index is 13.9.